The van der Waals surface area contributed by atoms with E-state index in [1.54, 1.807) is 18.2 Å². The van der Waals surface area contributed by atoms with E-state index in [0.29, 0.717) is 5.56 Å². The molecule has 0 bridgehead atoms. The summed E-state index contributed by atoms with van der Waals surface area (Å²) in [4.78, 5) is 52.0. The molecule has 1 aromatic rings. The Hall–Kier alpha value is -2.30. The molecule has 0 amide bonds. The molecule has 1 aromatic carbocycles. The van der Waals surface area contributed by atoms with Crippen molar-refractivity contribution in [3.8, 4) is 5.75 Å². The molecule has 2 fully saturated rings. The zero-order valence-electron chi connectivity index (χ0n) is 17.0. The van der Waals surface area contributed by atoms with Crippen LogP contribution in [-0.4, -0.2) is 28.2 Å². The Kier molecular flexibility index (Phi) is 5.07. The van der Waals surface area contributed by atoms with E-state index >= 15 is 0 Å². The first kappa shape index (κ1) is 20.4. The summed E-state index contributed by atoms with van der Waals surface area (Å²) in [6.45, 7) is 7.47. The van der Waals surface area contributed by atoms with E-state index in [2.05, 4.69) is 0 Å². The summed E-state index contributed by atoms with van der Waals surface area (Å²) in [5, 5.41) is 10.4. The highest BCUT2D eigenvalue weighted by atomic mass is 16.3. The van der Waals surface area contributed by atoms with Gasteiger partial charge >= 0.3 is 0 Å². The quantitative estimate of drug-likeness (QED) is 0.804. The molecule has 28 heavy (non-hydrogen) atoms. The number of benzene rings is 1. The normalized spacial score (nSPS) is 23.5. The summed E-state index contributed by atoms with van der Waals surface area (Å²) in [5.41, 5.74) is -0.534. The Morgan fingerprint density at radius 1 is 0.750 bits per heavy atom. The average Bonchev–Trinajstić information content (AvgIpc) is 2.50. The molecule has 2 saturated carbocycles. The van der Waals surface area contributed by atoms with Gasteiger partial charge in [-0.15, -0.1) is 0 Å². The fourth-order valence-corrected chi connectivity index (χ4v) is 4.93. The average molecular weight is 384 g/mol. The minimum atomic E-state index is -1.07. The van der Waals surface area contributed by atoms with Gasteiger partial charge in [0, 0.05) is 31.6 Å². The van der Waals surface area contributed by atoms with Gasteiger partial charge in [-0.25, -0.2) is 0 Å². The van der Waals surface area contributed by atoms with Gasteiger partial charge in [-0.1, -0.05) is 45.9 Å². The smallest absolute Gasteiger partial charge is 0.144 e. The van der Waals surface area contributed by atoms with Gasteiger partial charge < -0.3 is 5.11 Å². The maximum atomic E-state index is 13.0. The van der Waals surface area contributed by atoms with E-state index in [1.807, 2.05) is 27.7 Å². The number of para-hydroxylation sites is 1. The summed E-state index contributed by atoms with van der Waals surface area (Å²) >= 11 is 0. The molecule has 0 heterocycles. The number of hydrogen-bond acceptors (Lipinski definition) is 5. The fourth-order valence-electron chi connectivity index (χ4n) is 4.93. The van der Waals surface area contributed by atoms with Crippen LogP contribution in [0.25, 0.3) is 0 Å². The van der Waals surface area contributed by atoms with Crippen molar-refractivity contribution in [1.82, 2.24) is 0 Å². The Morgan fingerprint density at radius 3 is 1.46 bits per heavy atom. The lowest BCUT2D eigenvalue weighted by Gasteiger charge is -2.41. The summed E-state index contributed by atoms with van der Waals surface area (Å²) in [7, 11) is 0. The number of aromatic hydroxyl groups is 1. The third kappa shape index (κ3) is 3.80. The molecule has 0 saturated heterocycles. The second kappa shape index (κ2) is 6.94. The van der Waals surface area contributed by atoms with Crippen LogP contribution in [-0.2, 0) is 19.2 Å². The highest BCUT2D eigenvalue weighted by molar-refractivity contribution is 6.11. The minimum absolute atomic E-state index is 0.0941. The predicted octanol–water partition coefficient (Wildman–Crippen LogP) is 3.62. The van der Waals surface area contributed by atoms with Crippen LogP contribution in [0.2, 0.25) is 0 Å². The van der Waals surface area contributed by atoms with Crippen molar-refractivity contribution in [1.29, 1.82) is 0 Å². The van der Waals surface area contributed by atoms with Crippen molar-refractivity contribution in [2.24, 2.45) is 22.7 Å². The van der Waals surface area contributed by atoms with Gasteiger partial charge in [0.25, 0.3) is 0 Å². The van der Waals surface area contributed by atoms with Gasteiger partial charge in [-0.3, -0.25) is 19.2 Å². The van der Waals surface area contributed by atoms with Crippen molar-refractivity contribution in [2.75, 3.05) is 0 Å². The highest BCUT2D eigenvalue weighted by Crippen LogP contribution is 2.48. The van der Waals surface area contributed by atoms with Crippen molar-refractivity contribution < 1.29 is 24.3 Å². The molecule has 2 aliphatic carbocycles. The van der Waals surface area contributed by atoms with Crippen LogP contribution >= 0.6 is 0 Å². The van der Waals surface area contributed by atoms with Crippen LogP contribution in [0, 0.1) is 22.7 Å². The van der Waals surface area contributed by atoms with Gasteiger partial charge in [0.15, 0.2) is 0 Å². The second-order valence-corrected chi connectivity index (χ2v) is 9.94. The predicted molar refractivity (Wildman–Crippen MR) is 104 cm³/mol. The maximum absolute atomic E-state index is 13.0. The number of phenols is 1. The van der Waals surface area contributed by atoms with Crippen LogP contribution < -0.4 is 0 Å². The van der Waals surface area contributed by atoms with Crippen LogP contribution in [0.3, 0.4) is 0 Å². The van der Waals surface area contributed by atoms with E-state index < -0.39 is 28.6 Å². The second-order valence-electron chi connectivity index (χ2n) is 9.94. The molecule has 0 radical (unpaired) electrons. The summed E-state index contributed by atoms with van der Waals surface area (Å²) in [6, 6.07) is 6.40. The number of Topliss-reactive ketones (excluding diaryl/α,β-unsaturated/α-hetero) is 4. The first-order chi connectivity index (χ1) is 12.9. The number of phenolic OH excluding ortho intramolecular Hbond substituents is 1. The Bertz CT molecular complexity index is 760. The molecule has 0 atom stereocenters. The molecule has 150 valence electrons. The monoisotopic (exact) mass is 384 g/mol. The van der Waals surface area contributed by atoms with E-state index in [0.717, 1.165) is 0 Å². The summed E-state index contributed by atoms with van der Waals surface area (Å²) in [5.74, 6) is -4.17. The zero-order valence-corrected chi connectivity index (χ0v) is 17.0. The molecule has 2 aliphatic rings. The third-order valence-electron chi connectivity index (χ3n) is 6.01. The first-order valence-corrected chi connectivity index (χ1v) is 9.81. The van der Waals surface area contributed by atoms with Crippen LogP contribution in [0.15, 0.2) is 24.3 Å². The number of ketones is 4. The fraction of sp³-hybridized carbons (Fsp3) is 0.565. The van der Waals surface area contributed by atoms with Gasteiger partial charge in [0.1, 0.15) is 28.9 Å². The van der Waals surface area contributed by atoms with Crippen molar-refractivity contribution in [3.05, 3.63) is 29.8 Å². The number of carbonyl (C=O) groups is 4. The highest BCUT2D eigenvalue weighted by Gasteiger charge is 2.52. The molecule has 0 unspecified atom stereocenters. The van der Waals surface area contributed by atoms with Crippen LogP contribution in [0.4, 0.5) is 0 Å². The lowest BCUT2D eigenvalue weighted by atomic mass is 9.59. The van der Waals surface area contributed by atoms with Gasteiger partial charge in [-0.05, 0) is 22.5 Å². The Balaban J connectivity index is 2.11. The van der Waals surface area contributed by atoms with Crippen LogP contribution in [0.1, 0.15) is 64.9 Å². The molecule has 0 aliphatic heterocycles. The van der Waals surface area contributed by atoms with Gasteiger partial charge in [0.05, 0.1) is 11.8 Å². The molecule has 3 rings (SSSR count). The van der Waals surface area contributed by atoms with Crippen molar-refractivity contribution in [2.45, 2.75) is 59.3 Å². The van der Waals surface area contributed by atoms with E-state index in [-0.39, 0.29) is 54.6 Å². The largest absolute Gasteiger partial charge is 0.508 e. The third-order valence-corrected chi connectivity index (χ3v) is 6.01. The molecule has 1 N–H and O–H groups in total. The molecule has 0 spiro atoms. The van der Waals surface area contributed by atoms with E-state index in [9.17, 15) is 24.3 Å². The SMILES string of the molecule is CC1(C)CC(=O)C(C(c2ccccc2O)C2C(=O)CC(C)(C)CC2=O)C(=O)C1. The molecule has 5 heteroatoms. The van der Waals surface area contributed by atoms with Gasteiger partial charge in [0.2, 0.25) is 0 Å². The topological polar surface area (TPSA) is 88.5 Å². The molecule has 0 aromatic heterocycles. The first-order valence-electron chi connectivity index (χ1n) is 9.81. The molecular formula is C23H28O5. The lowest BCUT2D eigenvalue weighted by Crippen LogP contribution is -2.48. The van der Waals surface area contributed by atoms with Crippen LogP contribution in [0.5, 0.6) is 5.75 Å². The summed E-state index contributed by atoms with van der Waals surface area (Å²) in [6.07, 6.45) is 0.865. The Labute approximate surface area is 165 Å². The van der Waals surface area contributed by atoms with E-state index in [1.165, 1.54) is 6.07 Å². The molecular weight excluding hydrogens is 356 g/mol. The standard InChI is InChI=1S/C23H28O5/c1-22(2)9-15(25)20(16(26)10-22)19(13-7-5-6-8-14(13)24)21-17(27)11-23(3,4)12-18(21)28/h5-8,19-21,24H,9-12H2,1-4H3. The lowest BCUT2D eigenvalue weighted by molar-refractivity contribution is -0.145. The zero-order chi connectivity index (χ0) is 20.9. The van der Waals surface area contributed by atoms with Crippen molar-refractivity contribution >= 4 is 23.1 Å². The molecule has 5 nitrogen and oxygen atoms in total. The van der Waals surface area contributed by atoms with E-state index in [4.69, 9.17) is 0 Å². The summed E-state index contributed by atoms with van der Waals surface area (Å²) < 4.78 is 0. The maximum Gasteiger partial charge on any atom is 0.144 e. The Morgan fingerprint density at radius 2 is 1.11 bits per heavy atom. The number of carbonyl (C=O) groups excluding carboxylic acids is 4. The number of rotatable bonds is 3. The van der Waals surface area contributed by atoms with Gasteiger partial charge in [-0.2, -0.15) is 0 Å². The minimum Gasteiger partial charge on any atom is -0.508 e. The number of hydrogen-bond donors (Lipinski definition) is 1. The van der Waals surface area contributed by atoms with Crippen molar-refractivity contribution in [3.63, 3.8) is 0 Å².